The molecule has 0 radical (unpaired) electrons. The molecular weight excluding hydrogens is 256 g/mol. The van der Waals surface area contributed by atoms with Crippen LogP contribution in [0.5, 0.6) is 0 Å². The summed E-state index contributed by atoms with van der Waals surface area (Å²) in [6, 6.07) is -0.207. The maximum absolute atomic E-state index is 12.5. The summed E-state index contributed by atoms with van der Waals surface area (Å²) in [5.41, 5.74) is 0. The number of carbonyl (C=O) groups excluding carboxylic acids is 2. The van der Waals surface area contributed by atoms with Gasteiger partial charge < -0.3 is 15.3 Å². The molecule has 0 aromatic rings. The lowest BCUT2D eigenvalue weighted by Crippen LogP contribution is -2.53. The number of aliphatic hydroxyl groups excluding tert-OH is 1. The summed E-state index contributed by atoms with van der Waals surface area (Å²) in [7, 11) is 0. The molecule has 5 nitrogen and oxygen atoms in total. The first-order valence-electron chi connectivity index (χ1n) is 7.77. The molecule has 2 amide bonds. The third-order valence-corrected chi connectivity index (χ3v) is 4.39. The average Bonchev–Trinajstić information content (AvgIpc) is 2.78. The number of aliphatic hydroxyl groups is 1. The van der Waals surface area contributed by atoms with Crippen molar-refractivity contribution >= 4 is 11.8 Å². The lowest BCUT2D eigenvalue weighted by molar-refractivity contribution is -0.139. The van der Waals surface area contributed by atoms with Gasteiger partial charge in [0.1, 0.15) is 6.04 Å². The van der Waals surface area contributed by atoms with Crippen LogP contribution < -0.4 is 5.32 Å². The van der Waals surface area contributed by atoms with Gasteiger partial charge in [0, 0.05) is 19.0 Å². The van der Waals surface area contributed by atoms with E-state index < -0.39 is 0 Å². The third-order valence-electron chi connectivity index (χ3n) is 4.39. The molecule has 1 aliphatic heterocycles. The Kier molecular flexibility index (Phi) is 5.02. The summed E-state index contributed by atoms with van der Waals surface area (Å²) in [6.07, 6.45) is 4.35. The number of rotatable bonds is 4. The standard InChI is InChI=1S/C15H26N2O3/c1-10(2)14(17-9-3-4-13(17)19)15(20)16-11-5-7-12(18)8-6-11/h10-12,14,18H,3-9H2,1-2H3,(H,16,20). The number of amides is 2. The molecule has 2 fully saturated rings. The van der Waals surface area contributed by atoms with E-state index in [1.54, 1.807) is 4.90 Å². The van der Waals surface area contributed by atoms with Crippen molar-refractivity contribution in [2.45, 2.75) is 70.6 Å². The van der Waals surface area contributed by atoms with Crippen molar-refractivity contribution in [2.75, 3.05) is 6.54 Å². The molecule has 20 heavy (non-hydrogen) atoms. The normalized spacial score (nSPS) is 28.8. The molecule has 2 rings (SSSR count). The lowest BCUT2D eigenvalue weighted by atomic mass is 9.92. The largest absolute Gasteiger partial charge is 0.393 e. The first-order valence-corrected chi connectivity index (χ1v) is 7.77. The van der Waals surface area contributed by atoms with Crippen LogP contribution in [0.4, 0.5) is 0 Å². The minimum Gasteiger partial charge on any atom is -0.393 e. The van der Waals surface area contributed by atoms with Crippen molar-refractivity contribution in [1.29, 1.82) is 0 Å². The van der Waals surface area contributed by atoms with Gasteiger partial charge in [-0.2, -0.15) is 0 Å². The van der Waals surface area contributed by atoms with Crippen molar-refractivity contribution in [3.8, 4) is 0 Å². The molecule has 0 aromatic heterocycles. The van der Waals surface area contributed by atoms with Crippen molar-refractivity contribution in [3.05, 3.63) is 0 Å². The van der Waals surface area contributed by atoms with Gasteiger partial charge in [-0.05, 0) is 38.0 Å². The van der Waals surface area contributed by atoms with Crippen LogP contribution in [-0.4, -0.2) is 46.6 Å². The summed E-state index contributed by atoms with van der Waals surface area (Å²) in [4.78, 5) is 26.1. The second kappa shape index (κ2) is 6.57. The number of likely N-dealkylation sites (tertiary alicyclic amines) is 1. The van der Waals surface area contributed by atoms with E-state index in [4.69, 9.17) is 0 Å². The van der Waals surface area contributed by atoms with Crippen LogP contribution in [-0.2, 0) is 9.59 Å². The number of carbonyl (C=O) groups is 2. The Hall–Kier alpha value is -1.10. The quantitative estimate of drug-likeness (QED) is 0.810. The van der Waals surface area contributed by atoms with Crippen LogP contribution in [0.1, 0.15) is 52.4 Å². The first-order chi connectivity index (χ1) is 9.49. The van der Waals surface area contributed by atoms with Crippen molar-refractivity contribution in [1.82, 2.24) is 10.2 Å². The van der Waals surface area contributed by atoms with Crippen LogP contribution >= 0.6 is 0 Å². The van der Waals surface area contributed by atoms with Gasteiger partial charge >= 0.3 is 0 Å². The zero-order chi connectivity index (χ0) is 14.7. The van der Waals surface area contributed by atoms with Crippen LogP contribution in [0.3, 0.4) is 0 Å². The molecule has 1 heterocycles. The van der Waals surface area contributed by atoms with Crippen molar-refractivity contribution < 1.29 is 14.7 Å². The van der Waals surface area contributed by atoms with Crippen LogP contribution in [0, 0.1) is 5.92 Å². The predicted octanol–water partition coefficient (Wildman–Crippen LogP) is 1.05. The summed E-state index contributed by atoms with van der Waals surface area (Å²) in [6.45, 7) is 4.67. The highest BCUT2D eigenvalue weighted by molar-refractivity contribution is 5.88. The third kappa shape index (κ3) is 3.51. The topological polar surface area (TPSA) is 69.6 Å². The van der Waals surface area contributed by atoms with Gasteiger partial charge in [0.15, 0.2) is 0 Å². The molecule has 1 saturated carbocycles. The van der Waals surface area contributed by atoms with Gasteiger partial charge in [-0.1, -0.05) is 13.8 Å². The zero-order valence-electron chi connectivity index (χ0n) is 12.5. The van der Waals surface area contributed by atoms with Crippen molar-refractivity contribution in [2.24, 2.45) is 5.92 Å². The first kappa shape index (κ1) is 15.3. The van der Waals surface area contributed by atoms with Gasteiger partial charge in [-0.3, -0.25) is 9.59 Å². The van der Waals surface area contributed by atoms with E-state index >= 15 is 0 Å². The Morgan fingerprint density at radius 1 is 1.30 bits per heavy atom. The highest BCUT2D eigenvalue weighted by Crippen LogP contribution is 2.22. The SMILES string of the molecule is CC(C)C(C(=O)NC1CCC(O)CC1)N1CCCC1=O. The highest BCUT2D eigenvalue weighted by atomic mass is 16.3. The second-order valence-electron chi connectivity index (χ2n) is 6.39. The van der Waals surface area contributed by atoms with Gasteiger partial charge in [-0.25, -0.2) is 0 Å². The molecule has 1 atom stereocenters. The minimum absolute atomic E-state index is 0.0309. The maximum Gasteiger partial charge on any atom is 0.243 e. The number of hydrogen-bond acceptors (Lipinski definition) is 3. The van der Waals surface area contributed by atoms with E-state index in [1.165, 1.54) is 0 Å². The molecule has 2 N–H and O–H groups in total. The molecule has 0 bridgehead atoms. The number of nitrogens with one attached hydrogen (secondary N) is 1. The second-order valence-corrected chi connectivity index (χ2v) is 6.39. The van der Waals surface area contributed by atoms with E-state index in [2.05, 4.69) is 5.32 Å². The van der Waals surface area contributed by atoms with Crippen LogP contribution in [0.2, 0.25) is 0 Å². The fraction of sp³-hybridized carbons (Fsp3) is 0.867. The van der Waals surface area contributed by atoms with E-state index in [1.807, 2.05) is 13.8 Å². The van der Waals surface area contributed by atoms with Crippen LogP contribution in [0.25, 0.3) is 0 Å². The summed E-state index contributed by atoms with van der Waals surface area (Å²) in [5.74, 6) is 0.181. The Morgan fingerprint density at radius 3 is 2.45 bits per heavy atom. The Labute approximate surface area is 120 Å². The van der Waals surface area contributed by atoms with E-state index in [9.17, 15) is 14.7 Å². The molecule has 1 unspecified atom stereocenters. The molecule has 0 spiro atoms. The van der Waals surface area contributed by atoms with Gasteiger partial charge in [0.05, 0.1) is 6.10 Å². The molecule has 0 aromatic carbocycles. The molecule has 1 saturated heterocycles. The smallest absolute Gasteiger partial charge is 0.243 e. The molecule has 1 aliphatic carbocycles. The Bertz CT molecular complexity index is 362. The van der Waals surface area contributed by atoms with E-state index in [0.29, 0.717) is 13.0 Å². The summed E-state index contributed by atoms with van der Waals surface area (Å²) >= 11 is 0. The number of nitrogens with zero attached hydrogens (tertiary/aromatic N) is 1. The van der Waals surface area contributed by atoms with E-state index in [0.717, 1.165) is 32.1 Å². The molecular formula is C15H26N2O3. The Morgan fingerprint density at radius 2 is 1.95 bits per heavy atom. The summed E-state index contributed by atoms with van der Waals surface area (Å²) in [5, 5.41) is 12.6. The monoisotopic (exact) mass is 282 g/mol. The average molecular weight is 282 g/mol. The van der Waals surface area contributed by atoms with Gasteiger partial charge in [0.25, 0.3) is 0 Å². The van der Waals surface area contributed by atoms with Crippen LogP contribution in [0.15, 0.2) is 0 Å². The van der Waals surface area contributed by atoms with Crippen molar-refractivity contribution in [3.63, 3.8) is 0 Å². The molecule has 5 heteroatoms. The Balaban J connectivity index is 1.95. The minimum atomic E-state index is -0.350. The molecule has 114 valence electrons. The van der Waals surface area contributed by atoms with E-state index in [-0.39, 0.29) is 35.9 Å². The highest BCUT2D eigenvalue weighted by Gasteiger charge is 2.35. The lowest BCUT2D eigenvalue weighted by Gasteiger charge is -2.33. The summed E-state index contributed by atoms with van der Waals surface area (Å²) < 4.78 is 0. The predicted molar refractivity (Wildman–Crippen MR) is 76.0 cm³/mol. The number of hydrogen-bond donors (Lipinski definition) is 2. The molecule has 2 aliphatic rings. The van der Waals surface area contributed by atoms with Gasteiger partial charge in [-0.15, -0.1) is 0 Å². The zero-order valence-corrected chi connectivity index (χ0v) is 12.5. The fourth-order valence-electron chi connectivity index (χ4n) is 3.27. The van der Waals surface area contributed by atoms with Gasteiger partial charge in [0.2, 0.25) is 11.8 Å². The maximum atomic E-state index is 12.5. The fourth-order valence-corrected chi connectivity index (χ4v) is 3.27.